The first kappa shape index (κ1) is 16.9. The summed E-state index contributed by atoms with van der Waals surface area (Å²) in [7, 11) is 0. The molecular weight excluding hydrogens is 270 g/mol. The molecule has 0 radical (unpaired) electrons. The fraction of sp³-hybridized carbons (Fsp3) is 0.533. The Morgan fingerprint density at radius 1 is 1.35 bits per heavy atom. The topological polar surface area (TPSA) is 58.4 Å². The zero-order valence-electron chi connectivity index (χ0n) is 12.6. The lowest BCUT2D eigenvalue weighted by atomic mass is 10.2. The predicted molar refractivity (Wildman–Crippen MR) is 89.2 cm³/mol. The van der Waals surface area contributed by atoms with Crippen molar-refractivity contribution in [2.45, 2.75) is 26.0 Å². The molecule has 0 aliphatic carbocycles. The summed E-state index contributed by atoms with van der Waals surface area (Å²) in [6.45, 7) is 9.37. The van der Waals surface area contributed by atoms with Crippen molar-refractivity contribution in [3.05, 3.63) is 24.3 Å². The number of nitrogen functional groups attached to an aromatic ring is 1. The second kappa shape index (κ2) is 8.87. The molecule has 0 aromatic heterocycles. The number of rotatable bonds is 8. The molecule has 20 heavy (non-hydrogen) atoms. The summed E-state index contributed by atoms with van der Waals surface area (Å²) in [5.74, 6) is 0.966. The van der Waals surface area contributed by atoms with Crippen LogP contribution >= 0.6 is 11.8 Å². The highest BCUT2D eigenvalue weighted by atomic mass is 32.2. The fourth-order valence-electron chi connectivity index (χ4n) is 1.82. The lowest BCUT2D eigenvalue weighted by Crippen LogP contribution is -2.28. The average molecular weight is 295 g/mol. The van der Waals surface area contributed by atoms with Crippen molar-refractivity contribution < 1.29 is 4.79 Å². The molecule has 3 N–H and O–H groups in total. The summed E-state index contributed by atoms with van der Waals surface area (Å²) in [5, 5.41) is 2.80. The Morgan fingerprint density at radius 2 is 2.00 bits per heavy atom. The highest BCUT2D eigenvalue weighted by Crippen LogP contribution is 2.19. The van der Waals surface area contributed by atoms with E-state index in [-0.39, 0.29) is 11.2 Å². The molecule has 0 spiro atoms. The van der Waals surface area contributed by atoms with E-state index >= 15 is 0 Å². The van der Waals surface area contributed by atoms with Crippen LogP contribution in [-0.2, 0) is 4.79 Å². The van der Waals surface area contributed by atoms with Crippen molar-refractivity contribution in [3.63, 3.8) is 0 Å². The first-order valence-electron chi connectivity index (χ1n) is 7.07. The highest BCUT2D eigenvalue weighted by molar-refractivity contribution is 8.00. The van der Waals surface area contributed by atoms with Crippen LogP contribution in [0.15, 0.2) is 24.3 Å². The molecule has 4 nitrogen and oxygen atoms in total. The molecule has 1 amide bonds. The third-order valence-corrected chi connectivity index (χ3v) is 4.39. The Bertz CT molecular complexity index is 421. The molecule has 0 aliphatic heterocycles. The van der Waals surface area contributed by atoms with Gasteiger partial charge in [-0.2, -0.15) is 0 Å². The molecule has 1 atom stereocenters. The van der Waals surface area contributed by atoms with Crippen molar-refractivity contribution in [2.24, 2.45) is 0 Å². The lowest BCUT2D eigenvalue weighted by molar-refractivity contribution is -0.115. The van der Waals surface area contributed by atoms with Crippen LogP contribution in [0.2, 0.25) is 0 Å². The van der Waals surface area contributed by atoms with Crippen molar-refractivity contribution in [1.82, 2.24) is 4.90 Å². The third-order valence-electron chi connectivity index (χ3n) is 3.26. The first-order valence-corrected chi connectivity index (χ1v) is 8.12. The van der Waals surface area contributed by atoms with Crippen LogP contribution in [0.3, 0.4) is 0 Å². The molecule has 1 aromatic carbocycles. The minimum Gasteiger partial charge on any atom is -0.397 e. The molecule has 112 valence electrons. The van der Waals surface area contributed by atoms with E-state index in [9.17, 15) is 4.79 Å². The first-order chi connectivity index (χ1) is 9.58. The van der Waals surface area contributed by atoms with E-state index in [4.69, 9.17) is 5.73 Å². The molecule has 0 saturated carbocycles. The summed E-state index contributed by atoms with van der Waals surface area (Å²) in [4.78, 5) is 14.4. The van der Waals surface area contributed by atoms with Crippen LogP contribution in [0.5, 0.6) is 0 Å². The Kier molecular flexibility index (Phi) is 7.47. The molecule has 0 bridgehead atoms. The van der Waals surface area contributed by atoms with Crippen molar-refractivity contribution in [2.75, 3.05) is 36.4 Å². The molecule has 1 rings (SSSR count). The van der Waals surface area contributed by atoms with Gasteiger partial charge in [-0.3, -0.25) is 4.79 Å². The molecule has 5 heteroatoms. The summed E-state index contributed by atoms with van der Waals surface area (Å²) in [5.41, 5.74) is 7.10. The number of nitrogens with zero attached hydrogens (tertiary/aromatic N) is 1. The molecule has 0 saturated heterocycles. The maximum Gasteiger partial charge on any atom is 0.237 e. The normalized spacial score (nSPS) is 12.4. The molecule has 0 fully saturated rings. The van der Waals surface area contributed by atoms with Crippen molar-refractivity contribution in [3.8, 4) is 0 Å². The van der Waals surface area contributed by atoms with Crippen LogP contribution in [-0.4, -0.2) is 41.4 Å². The summed E-state index contributed by atoms with van der Waals surface area (Å²) < 4.78 is 0. The number of carbonyl (C=O) groups excluding carboxylic acids is 1. The minimum absolute atomic E-state index is 0.00690. The number of thioether (sulfide) groups is 1. The van der Waals surface area contributed by atoms with Crippen LogP contribution in [0.25, 0.3) is 0 Å². The fourth-order valence-corrected chi connectivity index (χ4v) is 2.75. The van der Waals surface area contributed by atoms with Gasteiger partial charge in [-0.1, -0.05) is 26.0 Å². The van der Waals surface area contributed by atoms with Crippen LogP contribution in [0.4, 0.5) is 11.4 Å². The van der Waals surface area contributed by atoms with Gasteiger partial charge in [-0.25, -0.2) is 0 Å². The molecule has 1 aromatic rings. The van der Waals surface area contributed by atoms with Gasteiger partial charge in [0, 0.05) is 12.3 Å². The Hall–Kier alpha value is -1.20. The SMILES string of the molecule is CCN(CC)CCSC(C)C(=O)Nc1ccccc1N. The third kappa shape index (κ3) is 5.43. The molecule has 1 unspecified atom stereocenters. The Morgan fingerprint density at radius 3 is 2.60 bits per heavy atom. The van der Waals surface area contributed by atoms with E-state index in [1.807, 2.05) is 25.1 Å². The van der Waals surface area contributed by atoms with Crippen LogP contribution in [0.1, 0.15) is 20.8 Å². The van der Waals surface area contributed by atoms with E-state index < -0.39 is 0 Å². The van der Waals surface area contributed by atoms with Crippen LogP contribution in [0, 0.1) is 0 Å². The van der Waals surface area contributed by atoms with Crippen LogP contribution < -0.4 is 11.1 Å². The number of nitrogens with two attached hydrogens (primary N) is 1. The zero-order chi connectivity index (χ0) is 15.0. The maximum absolute atomic E-state index is 12.1. The number of amides is 1. The van der Waals surface area contributed by atoms with Crippen molar-refractivity contribution >= 4 is 29.0 Å². The number of benzene rings is 1. The van der Waals surface area contributed by atoms with Gasteiger partial charge in [0.05, 0.1) is 16.6 Å². The van der Waals surface area contributed by atoms with Gasteiger partial charge < -0.3 is 16.0 Å². The van der Waals surface area contributed by atoms with Gasteiger partial charge in [-0.05, 0) is 32.1 Å². The van der Waals surface area contributed by atoms with E-state index in [0.717, 1.165) is 25.4 Å². The summed E-state index contributed by atoms with van der Waals surface area (Å²) >= 11 is 1.67. The summed E-state index contributed by atoms with van der Waals surface area (Å²) in [6, 6.07) is 7.33. The number of nitrogens with one attached hydrogen (secondary N) is 1. The standard InChI is InChI=1S/C15H25N3OS/c1-4-18(5-2)10-11-20-12(3)15(19)17-14-9-7-6-8-13(14)16/h6-9,12H,4-5,10-11,16H2,1-3H3,(H,17,19). The second-order valence-corrected chi connectivity index (χ2v) is 6.07. The highest BCUT2D eigenvalue weighted by Gasteiger charge is 2.14. The van der Waals surface area contributed by atoms with Gasteiger partial charge in [0.1, 0.15) is 0 Å². The lowest BCUT2D eigenvalue weighted by Gasteiger charge is -2.19. The Balaban J connectivity index is 2.38. The number of para-hydroxylation sites is 2. The van der Waals surface area contributed by atoms with E-state index in [1.54, 1.807) is 17.8 Å². The quantitative estimate of drug-likeness (QED) is 0.724. The summed E-state index contributed by atoms with van der Waals surface area (Å²) in [6.07, 6.45) is 0. The predicted octanol–water partition coefficient (Wildman–Crippen LogP) is 2.67. The van der Waals surface area contributed by atoms with Gasteiger partial charge >= 0.3 is 0 Å². The number of hydrogen-bond donors (Lipinski definition) is 2. The maximum atomic E-state index is 12.1. The molecule has 0 aliphatic rings. The van der Waals surface area contributed by atoms with Gasteiger partial charge in [0.25, 0.3) is 0 Å². The zero-order valence-corrected chi connectivity index (χ0v) is 13.4. The van der Waals surface area contributed by atoms with Gasteiger partial charge in [0.15, 0.2) is 0 Å². The number of hydrogen-bond acceptors (Lipinski definition) is 4. The minimum atomic E-state index is -0.0785. The molecule has 0 heterocycles. The van der Waals surface area contributed by atoms with E-state index in [0.29, 0.717) is 11.4 Å². The van der Waals surface area contributed by atoms with Crippen molar-refractivity contribution in [1.29, 1.82) is 0 Å². The average Bonchev–Trinajstić information content (AvgIpc) is 2.45. The largest absolute Gasteiger partial charge is 0.397 e. The van der Waals surface area contributed by atoms with E-state index in [1.165, 1.54) is 0 Å². The number of carbonyl (C=O) groups is 1. The monoisotopic (exact) mass is 295 g/mol. The second-order valence-electron chi connectivity index (χ2n) is 4.62. The smallest absolute Gasteiger partial charge is 0.237 e. The van der Waals surface area contributed by atoms with E-state index in [2.05, 4.69) is 24.1 Å². The van der Waals surface area contributed by atoms with Gasteiger partial charge in [0.2, 0.25) is 5.91 Å². The Labute approximate surface area is 126 Å². The molecular formula is C15H25N3OS. The van der Waals surface area contributed by atoms with Gasteiger partial charge in [-0.15, -0.1) is 11.8 Å². The number of anilines is 2.